The van der Waals surface area contributed by atoms with Crippen LogP contribution in [-0.4, -0.2) is 5.78 Å². The van der Waals surface area contributed by atoms with Gasteiger partial charge in [0.25, 0.3) is 0 Å². The summed E-state index contributed by atoms with van der Waals surface area (Å²) in [7, 11) is 0. The summed E-state index contributed by atoms with van der Waals surface area (Å²) < 4.78 is 0. The summed E-state index contributed by atoms with van der Waals surface area (Å²) in [5.74, 6) is 1.55. The molecule has 1 fully saturated rings. The molecule has 0 spiro atoms. The van der Waals surface area contributed by atoms with Crippen LogP contribution in [0.5, 0.6) is 0 Å². The van der Waals surface area contributed by atoms with E-state index in [-0.39, 0.29) is 0 Å². The highest BCUT2D eigenvalue weighted by molar-refractivity contribution is 5.86. The summed E-state index contributed by atoms with van der Waals surface area (Å²) in [5.41, 5.74) is 2.67. The third kappa shape index (κ3) is 1.28. The van der Waals surface area contributed by atoms with Crippen LogP contribution in [0.4, 0.5) is 0 Å². The zero-order valence-corrected chi connectivity index (χ0v) is 8.20. The Morgan fingerprint density at radius 1 is 1.07 bits per heavy atom. The van der Waals surface area contributed by atoms with Gasteiger partial charge in [-0.05, 0) is 36.3 Å². The molecule has 1 aromatic rings. The molecule has 14 heavy (non-hydrogen) atoms. The number of carbonyl (C=O) groups is 1. The van der Waals surface area contributed by atoms with Crippen LogP contribution in [0.25, 0.3) is 0 Å². The third-order valence-electron chi connectivity index (χ3n) is 3.53. The van der Waals surface area contributed by atoms with Crippen LogP contribution < -0.4 is 0 Å². The monoisotopic (exact) mass is 186 g/mol. The maximum absolute atomic E-state index is 11.8. The van der Waals surface area contributed by atoms with Crippen molar-refractivity contribution in [3.63, 3.8) is 0 Å². The molecule has 0 amide bonds. The van der Waals surface area contributed by atoms with E-state index in [4.69, 9.17) is 0 Å². The van der Waals surface area contributed by atoms with Crippen molar-refractivity contribution in [2.45, 2.75) is 25.7 Å². The highest BCUT2D eigenvalue weighted by atomic mass is 16.1. The van der Waals surface area contributed by atoms with Crippen molar-refractivity contribution in [1.82, 2.24) is 0 Å². The minimum Gasteiger partial charge on any atom is -0.299 e. The molecule has 0 bridgehead atoms. The quantitative estimate of drug-likeness (QED) is 0.658. The molecule has 2 aliphatic carbocycles. The van der Waals surface area contributed by atoms with Crippen LogP contribution >= 0.6 is 0 Å². The van der Waals surface area contributed by atoms with Crippen molar-refractivity contribution in [3.8, 4) is 0 Å². The largest absolute Gasteiger partial charge is 0.299 e. The number of hydrogen-bond donors (Lipinski definition) is 0. The second kappa shape index (κ2) is 2.94. The van der Waals surface area contributed by atoms with E-state index in [0.29, 0.717) is 18.1 Å². The summed E-state index contributed by atoms with van der Waals surface area (Å²) in [4.78, 5) is 11.8. The molecule has 1 unspecified atom stereocenters. The second-order valence-corrected chi connectivity index (χ2v) is 4.56. The second-order valence-electron chi connectivity index (χ2n) is 4.56. The Morgan fingerprint density at radius 2 is 1.79 bits per heavy atom. The molecular weight excluding hydrogens is 172 g/mol. The van der Waals surface area contributed by atoms with Gasteiger partial charge in [0.15, 0.2) is 0 Å². The Labute approximate surface area is 84.1 Å². The molecule has 0 aliphatic heterocycles. The molecule has 3 rings (SSSR count). The van der Waals surface area contributed by atoms with E-state index in [1.54, 1.807) is 0 Å². The Bertz CT molecular complexity index is 377. The van der Waals surface area contributed by atoms with E-state index in [1.807, 2.05) is 6.07 Å². The molecule has 0 aromatic heterocycles. The van der Waals surface area contributed by atoms with Gasteiger partial charge in [-0.3, -0.25) is 4.79 Å². The van der Waals surface area contributed by atoms with Crippen LogP contribution in [0.15, 0.2) is 24.3 Å². The van der Waals surface area contributed by atoms with Crippen molar-refractivity contribution in [2.75, 3.05) is 0 Å². The lowest BCUT2D eigenvalue weighted by Gasteiger charge is -2.23. The minimum atomic E-state index is 0.352. The van der Waals surface area contributed by atoms with Gasteiger partial charge >= 0.3 is 0 Å². The number of fused-ring (bicyclic) bond motifs is 1. The van der Waals surface area contributed by atoms with Crippen LogP contribution in [-0.2, 0) is 17.6 Å². The molecule has 1 atom stereocenters. The van der Waals surface area contributed by atoms with Gasteiger partial charge in [-0.25, -0.2) is 0 Å². The first-order chi connectivity index (χ1) is 6.84. The Hall–Kier alpha value is -1.11. The standard InChI is InChI=1S/C13H14O/c14-13-8-11-4-2-1-3-10(11)7-12(13)9-5-6-9/h1-4,9,12H,5-8H2. The first kappa shape index (κ1) is 8.22. The predicted octanol–water partition coefficient (Wildman–Crippen LogP) is 2.38. The summed E-state index contributed by atoms with van der Waals surface area (Å²) in [6, 6.07) is 8.38. The molecule has 1 heteroatoms. The summed E-state index contributed by atoms with van der Waals surface area (Å²) in [6.45, 7) is 0. The van der Waals surface area contributed by atoms with E-state index in [9.17, 15) is 4.79 Å². The van der Waals surface area contributed by atoms with Crippen LogP contribution in [0.2, 0.25) is 0 Å². The number of benzene rings is 1. The van der Waals surface area contributed by atoms with Crippen molar-refractivity contribution >= 4 is 5.78 Å². The van der Waals surface area contributed by atoms with Gasteiger partial charge in [-0.2, -0.15) is 0 Å². The van der Waals surface area contributed by atoms with E-state index in [1.165, 1.54) is 24.0 Å². The third-order valence-corrected chi connectivity index (χ3v) is 3.53. The van der Waals surface area contributed by atoms with Gasteiger partial charge in [0, 0.05) is 12.3 Å². The highest BCUT2D eigenvalue weighted by Crippen LogP contribution is 2.41. The summed E-state index contributed by atoms with van der Waals surface area (Å²) in [5, 5.41) is 0. The topological polar surface area (TPSA) is 17.1 Å². The fourth-order valence-corrected chi connectivity index (χ4v) is 2.53. The molecule has 72 valence electrons. The van der Waals surface area contributed by atoms with E-state index < -0.39 is 0 Å². The Morgan fingerprint density at radius 3 is 2.50 bits per heavy atom. The number of rotatable bonds is 1. The van der Waals surface area contributed by atoms with Gasteiger partial charge in [0.05, 0.1) is 0 Å². The molecule has 0 saturated heterocycles. The Balaban J connectivity index is 1.94. The van der Waals surface area contributed by atoms with Crippen LogP contribution in [0.1, 0.15) is 24.0 Å². The van der Waals surface area contributed by atoms with Gasteiger partial charge in [0.1, 0.15) is 5.78 Å². The molecule has 1 saturated carbocycles. The zero-order chi connectivity index (χ0) is 9.54. The summed E-state index contributed by atoms with van der Waals surface area (Å²) >= 11 is 0. The molecule has 2 aliphatic rings. The molecule has 0 N–H and O–H groups in total. The number of hydrogen-bond acceptors (Lipinski definition) is 1. The lowest BCUT2D eigenvalue weighted by molar-refractivity contribution is -0.123. The predicted molar refractivity (Wildman–Crippen MR) is 55.1 cm³/mol. The molecular formula is C13H14O. The maximum atomic E-state index is 11.8. The molecule has 1 nitrogen and oxygen atoms in total. The van der Waals surface area contributed by atoms with Gasteiger partial charge in [0.2, 0.25) is 0 Å². The highest BCUT2D eigenvalue weighted by Gasteiger charge is 2.38. The smallest absolute Gasteiger partial charge is 0.140 e. The van der Waals surface area contributed by atoms with Crippen LogP contribution in [0, 0.1) is 11.8 Å². The van der Waals surface area contributed by atoms with Crippen molar-refractivity contribution < 1.29 is 4.79 Å². The van der Waals surface area contributed by atoms with Crippen molar-refractivity contribution in [3.05, 3.63) is 35.4 Å². The minimum absolute atomic E-state index is 0.352. The number of carbonyl (C=O) groups excluding carboxylic acids is 1. The van der Waals surface area contributed by atoms with Gasteiger partial charge < -0.3 is 0 Å². The average molecular weight is 186 g/mol. The first-order valence-electron chi connectivity index (χ1n) is 5.44. The molecule has 0 heterocycles. The van der Waals surface area contributed by atoms with E-state index in [0.717, 1.165) is 12.3 Å². The Kier molecular flexibility index (Phi) is 1.73. The zero-order valence-electron chi connectivity index (χ0n) is 8.20. The summed E-state index contributed by atoms with van der Waals surface area (Å²) in [6.07, 6.45) is 4.23. The fraction of sp³-hybridized carbons (Fsp3) is 0.462. The van der Waals surface area contributed by atoms with Crippen LogP contribution in [0.3, 0.4) is 0 Å². The fourth-order valence-electron chi connectivity index (χ4n) is 2.53. The normalized spacial score (nSPS) is 26.0. The molecule has 0 radical (unpaired) electrons. The number of Topliss-reactive ketones (excluding diaryl/α,β-unsaturated/α-hetero) is 1. The van der Waals surface area contributed by atoms with E-state index >= 15 is 0 Å². The lowest BCUT2D eigenvalue weighted by Crippen LogP contribution is -2.26. The number of ketones is 1. The molecule has 1 aromatic carbocycles. The lowest BCUT2D eigenvalue weighted by atomic mass is 9.80. The van der Waals surface area contributed by atoms with Crippen molar-refractivity contribution in [2.24, 2.45) is 11.8 Å². The average Bonchev–Trinajstić information content (AvgIpc) is 3.00. The maximum Gasteiger partial charge on any atom is 0.140 e. The van der Waals surface area contributed by atoms with Gasteiger partial charge in [-0.15, -0.1) is 0 Å². The van der Waals surface area contributed by atoms with Gasteiger partial charge in [-0.1, -0.05) is 24.3 Å². The van der Waals surface area contributed by atoms with Crippen molar-refractivity contribution in [1.29, 1.82) is 0 Å². The first-order valence-corrected chi connectivity index (χ1v) is 5.44. The SMILES string of the molecule is O=C1Cc2ccccc2CC1C1CC1. The van der Waals surface area contributed by atoms with E-state index in [2.05, 4.69) is 18.2 Å².